The molecule has 1 atom stereocenters. The zero-order chi connectivity index (χ0) is 13.4. The van der Waals surface area contributed by atoms with Crippen LogP contribution in [0.25, 0.3) is 0 Å². The van der Waals surface area contributed by atoms with E-state index in [9.17, 15) is 4.79 Å². The second-order valence-corrected chi connectivity index (χ2v) is 5.58. The summed E-state index contributed by atoms with van der Waals surface area (Å²) < 4.78 is 4.97. The summed E-state index contributed by atoms with van der Waals surface area (Å²) in [5, 5.41) is 3.57. The Morgan fingerprint density at radius 2 is 1.94 bits per heavy atom. The number of hydrogen-bond acceptors (Lipinski definition) is 3. The van der Waals surface area contributed by atoms with Crippen molar-refractivity contribution in [1.82, 2.24) is 5.32 Å². The van der Waals surface area contributed by atoms with Crippen molar-refractivity contribution in [3.63, 3.8) is 0 Å². The van der Waals surface area contributed by atoms with Gasteiger partial charge in [-0.05, 0) is 45.4 Å². The minimum atomic E-state index is -0.0860. The van der Waals surface area contributed by atoms with Crippen LogP contribution in [0.1, 0.15) is 65.7 Å². The molecule has 0 bridgehead atoms. The second kappa shape index (κ2) is 8.52. The first-order valence-corrected chi connectivity index (χ1v) is 7.57. The van der Waals surface area contributed by atoms with E-state index < -0.39 is 0 Å². The molecule has 0 aromatic rings. The molecule has 1 aliphatic carbocycles. The summed E-state index contributed by atoms with van der Waals surface area (Å²) in [6.07, 6.45) is 8.39. The van der Waals surface area contributed by atoms with Gasteiger partial charge in [0.1, 0.15) is 0 Å². The molecule has 1 fully saturated rings. The summed E-state index contributed by atoms with van der Waals surface area (Å²) in [4.78, 5) is 11.4. The summed E-state index contributed by atoms with van der Waals surface area (Å²) in [6, 6.07) is 0.833. The van der Waals surface area contributed by atoms with Crippen molar-refractivity contribution >= 4 is 5.97 Å². The Morgan fingerprint density at radius 3 is 2.50 bits per heavy atom. The summed E-state index contributed by atoms with van der Waals surface area (Å²) >= 11 is 0. The Morgan fingerprint density at radius 1 is 1.28 bits per heavy atom. The molecule has 0 spiro atoms. The molecular weight excluding hydrogens is 226 g/mol. The number of hydrogen-bond donors (Lipinski definition) is 1. The van der Waals surface area contributed by atoms with Crippen LogP contribution in [0, 0.1) is 5.92 Å². The highest BCUT2D eigenvalue weighted by molar-refractivity contribution is 5.70. The van der Waals surface area contributed by atoms with Crippen molar-refractivity contribution in [2.24, 2.45) is 5.92 Å². The Kier molecular flexibility index (Phi) is 7.33. The van der Waals surface area contributed by atoms with Gasteiger partial charge in [0.25, 0.3) is 0 Å². The maximum atomic E-state index is 11.4. The standard InChI is InChI=1S/C15H29NO2/c1-4-6-13-7-9-14(10-8-13)16-12(3)11-15(17)18-5-2/h12-14,16H,4-11H2,1-3H3. The largest absolute Gasteiger partial charge is 0.466 e. The van der Waals surface area contributed by atoms with Gasteiger partial charge in [-0.3, -0.25) is 4.79 Å². The predicted molar refractivity (Wildman–Crippen MR) is 74.5 cm³/mol. The maximum absolute atomic E-state index is 11.4. The summed E-state index contributed by atoms with van der Waals surface area (Å²) in [6.45, 7) is 6.68. The second-order valence-electron chi connectivity index (χ2n) is 5.58. The Balaban J connectivity index is 2.17. The molecule has 18 heavy (non-hydrogen) atoms. The lowest BCUT2D eigenvalue weighted by Crippen LogP contribution is -2.40. The van der Waals surface area contributed by atoms with E-state index in [1.54, 1.807) is 0 Å². The SMILES string of the molecule is CCCC1CCC(NC(C)CC(=O)OCC)CC1. The number of rotatable bonds is 7. The lowest BCUT2D eigenvalue weighted by Gasteiger charge is -2.31. The number of carbonyl (C=O) groups excluding carboxylic acids is 1. The van der Waals surface area contributed by atoms with Crippen molar-refractivity contribution in [2.75, 3.05) is 6.61 Å². The van der Waals surface area contributed by atoms with E-state index in [-0.39, 0.29) is 12.0 Å². The molecule has 106 valence electrons. The fraction of sp³-hybridized carbons (Fsp3) is 0.933. The molecule has 0 aliphatic heterocycles. The van der Waals surface area contributed by atoms with Crippen LogP contribution in [0.2, 0.25) is 0 Å². The number of nitrogens with one attached hydrogen (secondary N) is 1. The smallest absolute Gasteiger partial charge is 0.307 e. The highest BCUT2D eigenvalue weighted by Crippen LogP contribution is 2.27. The third-order valence-electron chi connectivity index (χ3n) is 3.84. The molecule has 1 aliphatic rings. The molecule has 1 rings (SSSR count). The van der Waals surface area contributed by atoms with Crippen molar-refractivity contribution in [1.29, 1.82) is 0 Å². The van der Waals surface area contributed by atoms with Gasteiger partial charge in [0, 0.05) is 12.1 Å². The zero-order valence-electron chi connectivity index (χ0n) is 12.2. The highest BCUT2D eigenvalue weighted by atomic mass is 16.5. The fourth-order valence-electron chi connectivity index (χ4n) is 2.96. The van der Waals surface area contributed by atoms with Gasteiger partial charge in [-0.1, -0.05) is 19.8 Å². The molecule has 0 radical (unpaired) electrons. The van der Waals surface area contributed by atoms with E-state index in [1.807, 2.05) is 6.92 Å². The van der Waals surface area contributed by atoms with E-state index in [4.69, 9.17) is 4.74 Å². The van der Waals surface area contributed by atoms with E-state index >= 15 is 0 Å². The third-order valence-corrected chi connectivity index (χ3v) is 3.84. The van der Waals surface area contributed by atoms with Crippen LogP contribution in [-0.4, -0.2) is 24.7 Å². The fourth-order valence-corrected chi connectivity index (χ4v) is 2.96. The Labute approximate surface area is 112 Å². The molecule has 1 N–H and O–H groups in total. The van der Waals surface area contributed by atoms with Gasteiger partial charge < -0.3 is 10.1 Å². The molecular formula is C15H29NO2. The van der Waals surface area contributed by atoms with Crippen molar-refractivity contribution in [3.05, 3.63) is 0 Å². The van der Waals surface area contributed by atoms with Gasteiger partial charge in [0.2, 0.25) is 0 Å². The van der Waals surface area contributed by atoms with Crippen LogP contribution in [0.15, 0.2) is 0 Å². The molecule has 3 heteroatoms. The Bertz CT molecular complexity index is 235. The lowest BCUT2D eigenvalue weighted by atomic mass is 9.83. The molecule has 0 heterocycles. The molecule has 0 saturated heterocycles. The number of carbonyl (C=O) groups is 1. The van der Waals surface area contributed by atoms with Crippen LogP contribution in [0.4, 0.5) is 0 Å². The van der Waals surface area contributed by atoms with Crippen LogP contribution in [0.5, 0.6) is 0 Å². The Hall–Kier alpha value is -0.570. The van der Waals surface area contributed by atoms with Crippen molar-refractivity contribution in [3.8, 4) is 0 Å². The summed E-state index contributed by atoms with van der Waals surface area (Å²) in [5.74, 6) is 0.852. The summed E-state index contributed by atoms with van der Waals surface area (Å²) in [7, 11) is 0. The van der Waals surface area contributed by atoms with E-state index in [0.717, 1.165) is 5.92 Å². The molecule has 1 unspecified atom stereocenters. The van der Waals surface area contributed by atoms with E-state index in [1.165, 1.54) is 38.5 Å². The normalized spacial score (nSPS) is 25.7. The molecule has 1 saturated carbocycles. The van der Waals surface area contributed by atoms with Crippen LogP contribution < -0.4 is 5.32 Å². The first kappa shape index (κ1) is 15.5. The van der Waals surface area contributed by atoms with Crippen LogP contribution in [0.3, 0.4) is 0 Å². The number of esters is 1. The average molecular weight is 255 g/mol. The van der Waals surface area contributed by atoms with Gasteiger partial charge >= 0.3 is 5.97 Å². The first-order valence-electron chi connectivity index (χ1n) is 7.57. The van der Waals surface area contributed by atoms with Crippen molar-refractivity contribution in [2.45, 2.75) is 77.8 Å². The van der Waals surface area contributed by atoms with Crippen LogP contribution >= 0.6 is 0 Å². The summed E-state index contributed by atoms with van der Waals surface area (Å²) in [5.41, 5.74) is 0. The highest BCUT2D eigenvalue weighted by Gasteiger charge is 2.22. The van der Waals surface area contributed by atoms with Gasteiger partial charge in [-0.15, -0.1) is 0 Å². The quantitative estimate of drug-likeness (QED) is 0.710. The van der Waals surface area contributed by atoms with Gasteiger partial charge in [0.05, 0.1) is 13.0 Å². The average Bonchev–Trinajstić information content (AvgIpc) is 2.32. The molecule has 3 nitrogen and oxygen atoms in total. The van der Waals surface area contributed by atoms with Gasteiger partial charge in [-0.2, -0.15) is 0 Å². The van der Waals surface area contributed by atoms with Crippen molar-refractivity contribution < 1.29 is 9.53 Å². The minimum absolute atomic E-state index is 0.0860. The monoisotopic (exact) mass is 255 g/mol. The number of ether oxygens (including phenoxy) is 1. The molecule has 0 amide bonds. The topological polar surface area (TPSA) is 38.3 Å². The van der Waals surface area contributed by atoms with E-state index in [2.05, 4.69) is 19.2 Å². The first-order chi connectivity index (χ1) is 8.65. The lowest BCUT2D eigenvalue weighted by molar-refractivity contribution is -0.143. The maximum Gasteiger partial charge on any atom is 0.307 e. The van der Waals surface area contributed by atoms with E-state index in [0.29, 0.717) is 19.1 Å². The van der Waals surface area contributed by atoms with Gasteiger partial charge in [0.15, 0.2) is 0 Å². The molecule has 0 aromatic heterocycles. The van der Waals surface area contributed by atoms with Gasteiger partial charge in [-0.25, -0.2) is 0 Å². The predicted octanol–water partition coefficient (Wildman–Crippen LogP) is 3.28. The zero-order valence-corrected chi connectivity index (χ0v) is 12.2. The minimum Gasteiger partial charge on any atom is -0.466 e. The molecule has 0 aromatic carbocycles. The third kappa shape index (κ3) is 5.85. The van der Waals surface area contributed by atoms with Crippen LogP contribution in [-0.2, 0) is 9.53 Å².